The van der Waals surface area contributed by atoms with Crippen molar-refractivity contribution in [1.29, 1.82) is 0 Å². The summed E-state index contributed by atoms with van der Waals surface area (Å²) in [7, 11) is 6.20. The Morgan fingerprint density at radius 2 is 1.80 bits per heavy atom. The summed E-state index contributed by atoms with van der Waals surface area (Å²) in [5.41, 5.74) is 4.09. The first kappa shape index (κ1) is 32.0. The SMILES string of the molecule is COCc1nc(-c2cccc(NC(=O)CNc3ccc4c(cc3=O)[C@@H](NC(C)=O)CCc3cc(OC)c(OC)c(OC)c3-4)c2)n[nH]1. The Kier molecular flexibility index (Phi) is 9.82. The number of hydrogen-bond donors (Lipinski definition) is 4. The Bertz CT molecular complexity index is 1820. The number of anilines is 2. The average Bonchev–Trinajstić information content (AvgIpc) is 3.39. The number of hydrogen-bond acceptors (Lipinski definition) is 10. The summed E-state index contributed by atoms with van der Waals surface area (Å²) in [4.78, 5) is 43.1. The van der Waals surface area contributed by atoms with Crippen LogP contribution in [0.5, 0.6) is 17.2 Å². The molecule has 1 aliphatic carbocycles. The molecule has 13 heteroatoms. The molecule has 46 heavy (non-hydrogen) atoms. The molecule has 0 bridgehead atoms. The third-order valence-corrected chi connectivity index (χ3v) is 7.57. The molecule has 0 aliphatic heterocycles. The molecule has 1 heterocycles. The summed E-state index contributed by atoms with van der Waals surface area (Å²) in [5.74, 6) is 1.86. The number of fused-ring (bicyclic) bond motifs is 3. The molecule has 0 radical (unpaired) electrons. The summed E-state index contributed by atoms with van der Waals surface area (Å²) in [6.45, 7) is 1.57. The smallest absolute Gasteiger partial charge is 0.243 e. The van der Waals surface area contributed by atoms with E-state index in [1.807, 2.05) is 12.1 Å². The summed E-state index contributed by atoms with van der Waals surface area (Å²) in [6.07, 6.45) is 1.12. The molecular formula is C33H36N6O7. The highest BCUT2D eigenvalue weighted by Crippen LogP contribution is 2.50. The van der Waals surface area contributed by atoms with Gasteiger partial charge in [-0.3, -0.25) is 19.5 Å². The van der Waals surface area contributed by atoms with Crippen molar-refractivity contribution in [2.75, 3.05) is 45.6 Å². The number of aryl methyl sites for hydroxylation is 1. The Hall–Kier alpha value is -5.43. The third kappa shape index (κ3) is 6.79. The zero-order valence-corrected chi connectivity index (χ0v) is 26.3. The fourth-order valence-electron chi connectivity index (χ4n) is 5.60. The number of carbonyl (C=O) groups excluding carboxylic acids is 2. The van der Waals surface area contributed by atoms with Gasteiger partial charge in [0.2, 0.25) is 23.0 Å². The normalized spacial score (nSPS) is 13.5. The van der Waals surface area contributed by atoms with E-state index in [9.17, 15) is 14.4 Å². The van der Waals surface area contributed by atoms with Gasteiger partial charge in [-0.05, 0) is 59.9 Å². The van der Waals surface area contributed by atoms with E-state index in [-0.39, 0.29) is 29.5 Å². The number of aromatic nitrogens is 3. The van der Waals surface area contributed by atoms with Crippen LogP contribution in [0.25, 0.3) is 22.5 Å². The maximum absolute atomic E-state index is 13.5. The van der Waals surface area contributed by atoms with Crippen molar-refractivity contribution in [1.82, 2.24) is 20.5 Å². The maximum atomic E-state index is 13.5. The summed E-state index contributed by atoms with van der Waals surface area (Å²) >= 11 is 0. The third-order valence-electron chi connectivity index (χ3n) is 7.57. The van der Waals surface area contributed by atoms with Crippen LogP contribution in [0.1, 0.15) is 36.3 Å². The maximum Gasteiger partial charge on any atom is 0.243 e. The molecule has 0 unspecified atom stereocenters. The quantitative estimate of drug-likeness (QED) is 0.192. The number of methoxy groups -OCH3 is 4. The summed E-state index contributed by atoms with van der Waals surface area (Å²) < 4.78 is 22.1. The summed E-state index contributed by atoms with van der Waals surface area (Å²) in [6, 6.07) is 13.5. The second kappa shape index (κ2) is 14.1. The number of nitrogens with zero attached hydrogens (tertiary/aromatic N) is 2. The van der Waals surface area contributed by atoms with Crippen LogP contribution in [0.3, 0.4) is 0 Å². The zero-order valence-electron chi connectivity index (χ0n) is 26.3. The van der Waals surface area contributed by atoms with Gasteiger partial charge in [0.25, 0.3) is 0 Å². The largest absolute Gasteiger partial charge is 0.493 e. The fourth-order valence-corrected chi connectivity index (χ4v) is 5.60. The number of rotatable bonds is 11. The molecule has 1 atom stereocenters. The van der Waals surface area contributed by atoms with Gasteiger partial charge in [0, 0.05) is 30.8 Å². The molecule has 0 spiro atoms. The number of carbonyl (C=O) groups is 2. The van der Waals surface area contributed by atoms with Crippen molar-refractivity contribution in [3.05, 3.63) is 75.7 Å². The second-order valence-corrected chi connectivity index (χ2v) is 10.6. The lowest BCUT2D eigenvalue weighted by Crippen LogP contribution is -2.27. The van der Waals surface area contributed by atoms with E-state index in [0.29, 0.717) is 70.7 Å². The lowest BCUT2D eigenvalue weighted by molar-refractivity contribution is -0.119. The summed E-state index contributed by atoms with van der Waals surface area (Å²) in [5, 5.41) is 15.8. The number of H-pyrrole nitrogens is 1. The van der Waals surface area contributed by atoms with Crippen LogP contribution >= 0.6 is 0 Å². The van der Waals surface area contributed by atoms with Crippen LogP contribution in [0, 0.1) is 0 Å². The highest BCUT2D eigenvalue weighted by atomic mass is 16.5. The highest BCUT2D eigenvalue weighted by Gasteiger charge is 2.29. The molecular weight excluding hydrogens is 592 g/mol. The lowest BCUT2D eigenvalue weighted by Gasteiger charge is -2.19. The molecule has 4 aromatic rings. The first-order valence-electron chi connectivity index (χ1n) is 14.6. The first-order chi connectivity index (χ1) is 22.3. The van der Waals surface area contributed by atoms with E-state index < -0.39 is 6.04 Å². The van der Waals surface area contributed by atoms with E-state index >= 15 is 0 Å². The number of nitrogens with one attached hydrogen (secondary N) is 4. The van der Waals surface area contributed by atoms with Crippen molar-refractivity contribution in [2.45, 2.75) is 32.4 Å². The standard InChI is InChI=1S/C33H36N6O7/c1-18(40)35-24-11-9-19-14-27(44-3)31(45-4)32(46-5)30(19)22-10-12-25(26(41)15-23(22)24)34-16-29(42)36-21-8-6-7-20(13-21)33-37-28(17-43-2)38-39-33/h6-8,10,12-15,24H,9,11,16-17H2,1-5H3,(H,34,41)(H,35,40)(H,36,42)(H,37,38,39)/t24-/m0/s1. The van der Waals surface area contributed by atoms with Gasteiger partial charge in [-0.15, -0.1) is 0 Å². The Morgan fingerprint density at radius 3 is 2.52 bits per heavy atom. The Balaban J connectivity index is 1.43. The topological polar surface area (TPSA) is 166 Å². The molecule has 1 aromatic heterocycles. The number of benzene rings is 2. The van der Waals surface area contributed by atoms with Crippen molar-refractivity contribution >= 4 is 23.2 Å². The highest BCUT2D eigenvalue weighted by molar-refractivity contribution is 5.94. The van der Waals surface area contributed by atoms with Crippen LogP contribution < -0.4 is 35.6 Å². The van der Waals surface area contributed by atoms with Crippen LogP contribution in [-0.4, -0.2) is 62.0 Å². The molecule has 0 fully saturated rings. The van der Waals surface area contributed by atoms with Gasteiger partial charge in [-0.25, -0.2) is 4.98 Å². The van der Waals surface area contributed by atoms with Crippen LogP contribution in [0.2, 0.25) is 0 Å². The Morgan fingerprint density at radius 1 is 1.00 bits per heavy atom. The molecule has 0 saturated carbocycles. The van der Waals surface area contributed by atoms with Gasteiger partial charge in [-0.2, -0.15) is 5.10 Å². The minimum absolute atomic E-state index is 0.174. The predicted molar refractivity (Wildman–Crippen MR) is 172 cm³/mol. The van der Waals surface area contributed by atoms with Crippen molar-refractivity contribution in [3.63, 3.8) is 0 Å². The monoisotopic (exact) mass is 628 g/mol. The zero-order chi connectivity index (χ0) is 32.8. The van der Waals surface area contributed by atoms with Gasteiger partial charge in [0.05, 0.1) is 39.6 Å². The van der Waals surface area contributed by atoms with E-state index in [1.54, 1.807) is 51.7 Å². The molecule has 3 aromatic carbocycles. The lowest BCUT2D eigenvalue weighted by atomic mass is 9.95. The van der Waals surface area contributed by atoms with Crippen molar-refractivity contribution in [3.8, 4) is 39.8 Å². The van der Waals surface area contributed by atoms with Crippen LogP contribution in [-0.2, 0) is 27.4 Å². The number of amides is 2. The van der Waals surface area contributed by atoms with Gasteiger partial charge < -0.3 is 34.9 Å². The molecule has 13 nitrogen and oxygen atoms in total. The number of aromatic amines is 1. The van der Waals surface area contributed by atoms with Gasteiger partial charge in [-0.1, -0.05) is 18.2 Å². The molecule has 2 amide bonds. The van der Waals surface area contributed by atoms with E-state index in [0.717, 1.165) is 11.1 Å². The molecule has 1 aliphatic rings. The van der Waals surface area contributed by atoms with Gasteiger partial charge >= 0.3 is 0 Å². The van der Waals surface area contributed by atoms with E-state index in [1.165, 1.54) is 20.1 Å². The first-order valence-corrected chi connectivity index (χ1v) is 14.6. The fraction of sp³-hybridized carbons (Fsp3) is 0.303. The molecule has 5 rings (SSSR count). The van der Waals surface area contributed by atoms with Gasteiger partial charge in [0.1, 0.15) is 6.61 Å². The number of ether oxygens (including phenoxy) is 4. The van der Waals surface area contributed by atoms with Crippen LogP contribution in [0.4, 0.5) is 11.4 Å². The van der Waals surface area contributed by atoms with Crippen LogP contribution in [0.15, 0.2) is 53.3 Å². The van der Waals surface area contributed by atoms with Crippen molar-refractivity contribution in [2.24, 2.45) is 0 Å². The predicted octanol–water partition coefficient (Wildman–Crippen LogP) is 3.85. The van der Waals surface area contributed by atoms with E-state index in [4.69, 9.17) is 18.9 Å². The average molecular weight is 629 g/mol. The van der Waals surface area contributed by atoms with E-state index in [2.05, 4.69) is 31.1 Å². The molecule has 240 valence electrons. The van der Waals surface area contributed by atoms with Crippen molar-refractivity contribution < 1.29 is 28.5 Å². The molecule has 0 saturated heterocycles. The Labute approximate surface area is 265 Å². The van der Waals surface area contributed by atoms with Gasteiger partial charge in [0.15, 0.2) is 23.1 Å². The minimum atomic E-state index is -0.445. The molecule has 4 N–H and O–H groups in total. The second-order valence-electron chi connectivity index (χ2n) is 10.6. The minimum Gasteiger partial charge on any atom is -0.493 e.